The van der Waals surface area contributed by atoms with Gasteiger partial charge in [0.15, 0.2) is 0 Å². The third-order valence-electron chi connectivity index (χ3n) is 3.29. The largest absolute Gasteiger partial charge is 0.369 e. The third kappa shape index (κ3) is 3.65. The van der Waals surface area contributed by atoms with Gasteiger partial charge in [0.05, 0.1) is 4.92 Å². The van der Waals surface area contributed by atoms with Crippen molar-refractivity contribution in [2.24, 2.45) is 0 Å². The first kappa shape index (κ1) is 13.8. The molecule has 0 atom stereocenters. The van der Waals surface area contributed by atoms with Gasteiger partial charge < -0.3 is 4.90 Å². The summed E-state index contributed by atoms with van der Waals surface area (Å²) in [5.74, 6) is 0. The summed E-state index contributed by atoms with van der Waals surface area (Å²) in [4.78, 5) is 12.5. The van der Waals surface area contributed by atoms with Gasteiger partial charge in [-0.25, -0.2) is 5.01 Å². The second kappa shape index (κ2) is 6.49. The van der Waals surface area contributed by atoms with E-state index in [2.05, 4.69) is 22.3 Å². The number of nitrogens with zero attached hydrogens (tertiary/aromatic N) is 3. The Morgan fingerprint density at radius 3 is 2.37 bits per heavy atom. The maximum absolute atomic E-state index is 10.6. The molecule has 1 aliphatic heterocycles. The number of rotatable bonds is 5. The Bertz CT molecular complexity index is 413. The number of benzene rings is 1. The fraction of sp³-hybridized carbons (Fsp3) is 0.538. The van der Waals surface area contributed by atoms with Crippen LogP contribution >= 0.6 is 0 Å². The van der Waals surface area contributed by atoms with Crippen molar-refractivity contribution in [2.45, 2.75) is 13.3 Å². The molecular formula is C13H20N4O2. The van der Waals surface area contributed by atoms with Gasteiger partial charge in [-0.15, -0.1) is 0 Å². The molecule has 2 rings (SSSR count). The first-order valence-corrected chi connectivity index (χ1v) is 6.68. The van der Waals surface area contributed by atoms with Crippen molar-refractivity contribution in [3.05, 3.63) is 34.4 Å². The fourth-order valence-corrected chi connectivity index (χ4v) is 2.18. The lowest BCUT2D eigenvalue weighted by Crippen LogP contribution is -2.52. The maximum atomic E-state index is 10.6. The summed E-state index contributed by atoms with van der Waals surface area (Å²) in [7, 11) is 0. The van der Waals surface area contributed by atoms with Crippen LogP contribution in [0.3, 0.4) is 0 Å². The molecule has 0 amide bonds. The van der Waals surface area contributed by atoms with E-state index in [4.69, 9.17) is 0 Å². The predicted octanol–water partition coefficient (Wildman–Crippen LogP) is 1.63. The number of hydrogen-bond donors (Lipinski definition) is 1. The van der Waals surface area contributed by atoms with E-state index in [1.807, 2.05) is 12.1 Å². The third-order valence-corrected chi connectivity index (χ3v) is 3.29. The van der Waals surface area contributed by atoms with Crippen LogP contribution in [0.1, 0.15) is 13.3 Å². The van der Waals surface area contributed by atoms with Gasteiger partial charge >= 0.3 is 0 Å². The summed E-state index contributed by atoms with van der Waals surface area (Å²) in [5.41, 5.74) is 4.59. The van der Waals surface area contributed by atoms with Crippen LogP contribution in [0.25, 0.3) is 0 Å². The molecule has 1 aromatic carbocycles. The molecule has 1 aliphatic rings. The molecule has 0 radical (unpaired) electrons. The Morgan fingerprint density at radius 1 is 1.21 bits per heavy atom. The Kier molecular flexibility index (Phi) is 4.70. The van der Waals surface area contributed by atoms with Crippen LogP contribution in [0.4, 0.5) is 11.4 Å². The Morgan fingerprint density at radius 2 is 1.84 bits per heavy atom. The van der Waals surface area contributed by atoms with Gasteiger partial charge in [0.1, 0.15) is 0 Å². The van der Waals surface area contributed by atoms with Crippen molar-refractivity contribution in [1.82, 2.24) is 10.4 Å². The molecule has 0 saturated carbocycles. The van der Waals surface area contributed by atoms with Crippen molar-refractivity contribution < 1.29 is 4.92 Å². The zero-order valence-corrected chi connectivity index (χ0v) is 11.2. The molecule has 0 unspecified atom stereocenters. The second-order valence-electron chi connectivity index (χ2n) is 4.66. The fourth-order valence-electron chi connectivity index (χ4n) is 2.18. The molecule has 0 bridgehead atoms. The lowest BCUT2D eigenvalue weighted by atomic mass is 10.2. The Labute approximate surface area is 113 Å². The van der Waals surface area contributed by atoms with E-state index in [-0.39, 0.29) is 10.6 Å². The highest BCUT2D eigenvalue weighted by atomic mass is 16.6. The first-order valence-electron chi connectivity index (χ1n) is 6.68. The number of hydrogen-bond acceptors (Lipinski definition) is 5. The number of hydrazine groups is 1. The molecule has 6 heteroatoms. The van der Waals surface area contributed by atoms with E-state index < -0.39 is 0 Å². The molecule has 1 heterocycles. The predicted molar refractivity (Wildman–Crippen MR) is 75.2 cm³/mol. The van der Waals surface area contributed by atoms with Crippen LogP contribution in [0.2, 0.25) is 0 Å². The zero-order valence-electron chi connectivity index (χ0n) is 11.2. The highest BCUT2D eigenvalue weighted by Gasteiger charge is 2.17. The maximum Gasteiger partial charge on any atom is 0.269 e. The highest BCUT2D eigenvalue weighted by Crippen LogP contribution is 2.20. The summed E-state index contributed by atoms with van der Waals surface area (Å²) in [6.07, 6.45) is 1.13. The summed E-state index contributed by atoms with van der Waals surface area (Å²) in [6.45, 7) is 6.98. The normalized spacial score (nSPS) is 16.6. The molecule has 0 aliphatic carbocycles. The van der Waals surface area contributed by atoms with E-state index in [1.54, 1.807) is 12.1 Å². The van der Waals surface area contributed by atoms with Crippen LogP contribution in [0.5, 0.6) is 0 Å². The minimum atomic E-state index is -0.365. The zero-order chi connectivity index (χ0) is 13.7. The Hall–Kier alpha value is -1.66. The number of piperazine rings is 1. The highest BCUT2D eigenvalue weighted by molar-refractivity contribution is 5.51. The van der Waals surface area contributed by atoms with Crippen molar-refractivity contribution in [2.75, 3.05) is 37.6 Å². The first-order chi connectivity index (χ1) is 9.20. The van der Waals surface area contributed by atoms with Crippen molar-refractivity contribution in [1.29, 1.82) is 0 Å². The number of nitro benzene ring substituents is 1. The van der Waals surface area contributed by atoms with Crippen molar-refractivity contribution in [3.8, 4) is 0 Å². The molecule has 0 spiro atoms. The average molecular weight is 264 g/mol. The van der Waals surface area contributed by atoms with Gasteiger partial charge in [-0.3, -0.25) is 15.5 Å². The van der Waals surface area contributed by atoms with Crippen LogP contribution in [0.15, 0.2) is 24.3 Å². The van der Waals surface area contributed by atoms with Gasteiger partial charge in [0.2, 0.25) is 0 Å². The van der Waals surface area contributed by atoms with Crippen molar-refractivity contribution in [3.63, 3.8) is 0 Å². The van der Waals surface area contributed by atoms with Gasteiger partial charge in [0, 0.05) is 50.5 Å². The van der Waals surface area contributed by atoms with Crippen LogP contribution in [0, 0.1) is 10.1 Å². The minimum Gasteiger partial charge on any atom is -0.369 e. The summed E-state index contributed by atoms with van der Waals surface area (Å²) in [6, 6.07) is 6.79. The van der Waals surface area contributed by atoms with E-state index in [0.29, 0.717) is 0 Å². The van der Waals surface area contributed by atoms with E-state index in [0.717, 1.165) is 44.8 Å². The molecule has 19 heavy (non-hydrogen) atoms. The molecular weight excluding hydrogens is 244 g/mol. The molecule has 1 saturated heterocycles. The average Bonchev–Trinajstić information content (AvgIpc) is 2.46. The van der Waals surface area contributed by atoms with E-state index >= 15 is 0 Å². The standard InChI is InChI=1S/C13H20N4O2/c1-2-7-14-16-10-8-15(9-11-16)12-3-5-13(6-4-12)17(18)19/h3-6,14H,2,7-11H2,1H3. The summed E-state index contributed by atoms with van der Waals surface area (Å²) in [5, 5.41) is 12.9. The summed E-state index contributed by atoms with van der Waals surface area (Å²) >= 11 is 0. The van der Waals surface area contributed by atoms with Crippen molar-refractivity contribution >= 4 is 11.4 Å². The van der Waals surface area contributed by atoms with Crippen LogP contribution in [-0.4, -0.2) is 42.7 Å². The van der Waals surface area contributed by atoms with Gasteiger partial charge in [-0.1, -0.05) is 6.92 Å². The molecule has 0 aromatic heterocycles. The smallest absolute Gasteiger partial charge is 0.269 e. The molecule has 1 aromatic rings. The SMILES string of the molecule is CCCNN1CCN(c2ccc([N+](=O)[O-])cc2)CC1. The molecule has 104 valence electrons. The molecule has 1 N–H and O–H groups in total. The Balaban J connectivity index is 1.88. The topological polar surface area (TPSA) is 61.6 Å². The number of anilines is 1. The second-order valence-corrected chi connectivity index (χ2v) is 4.66. The van der Waals surface area contributed by atoms with Gasteiger partial charge in [-0.2, -0.15) is 0 Å². The quantitative estimate of drug-likeness (QED) is 0.647. The van der Waals surface area contributed by atoms with E-state index in [1.165, 1.54) is 0 Å². The number of non-ortho nitro benzene ring substituents is 1. The minimum absolute atomic E-state index is 0.145. The number of nitrogens with one attached hydrogen (secondary N) is 1. The van der Waals surface area contributed by atoms with Crippen LogP contribution in [-0.2, 0) is 0 Å². The van der Waals surface area contributed by atoms with Gasteiger partial charge in [-0.05, 0) is 18.6 Å². The molecule has 1 fully saturated rings. The van der Waals surface area contributed by atoms with Gasteiger partial charge in [0.25, 0.3) is 5.69 Å². The lowest BCUT2D eigenvalue weighted by Gasteiger charge is -2.36. The van der Waals surface area contributed by atoms with Crippen LogP contribution < -0.4 is 10.3 Å². The monoisotopic (exact) mass is 264 g/mol. The molecule has 6 nitrogen and oxygen atoms in total. The lowest BCUT2D eigenvalue weighted by molar-refractivity contribution is -0.384. The van der Waals surface area contributed by atoms with E-state index in [9.17, 15) is 10.1 Å². The number of nitro groups is 1. The summed E-state index contributed by atoms with van der Waals surface area (Å²) < 4.78 is 0.